The summed E-state index contributed by atoms with van der Waals surface area (Å²) in [6.07, 6.45) is 1.33. The summed E-state index contributed by atoms with van der Waals surface area (Å²) in [5.74, 6) is -4.17. The fourth-order valence-electron chi connectivity index (χ4n) is 3.79. The Hall–Kier alpha value is -4.29. The second-order valence-electron chi connectivity index (χ2n) is 8.66. The molecule has 1 aliphatic rings. The van der Waals surface area contributed by atoms with Gasteiger partial charge in [0.25, 0.3) is 5.91 Å². The van der Waals surface area contributed by atoms with E-state index in [1.54, 1.807) is 44.4 Å². The van der Waals surface area contributed by atoms with Crippen LogP contribution in [0.3, 0.4) is 0 Å². The van der Waals surface area contributed by atoms with Crippen molar-refractivity contribution in [2.75, 3.05) is 33.7 Å². The van der Waals surface area contributed by atoms with Crippen molar-refractivity contribution in [2.45, 2.75) is 37.9 Å². The normalized spacial score (nSPS) is 16.1. The molecule has 0 spiro atoms. The molecule has 0 bridgehead atoms. The molecule has 3 atom stereocenters. The van der Waals surface area contributed by atoms with Crippen molar-refractivity contribution < 1.29 is 33.6 Å². The second kappa shape index (κ2) is 13.7. The summed E-state index contributed by atoms with van der Waals surface area (Å²) >= 11 is 0. The van der Waals surface area contributed by atoms with Gasteiger partial charge in [0.05, 0.1) is 19.1 Å². The average Bonchev–Trinajstić information content (AvgIpc) is 3.39. The molecule has 0 saturated carbocycles. The van der Waals surface area contributed by atoms with Crippen LogP contribution in [0.25, 0.3) is 0 Å². The average molecular weight is 517 g/mol. The van der Waals surface area contributed by atoms with Crippen molar-refractivity contribution in [1.82, 2.24) is 31.1 Å². The predicted octanol–water partition coefficient (Wildman–Crippen LogP) is -2.14. The number of likely N-dealkylation sites (tertiary alicyclic amines) is 1. The lowest BCUT2D eigenvalue weighted by atomic mass is 10.1. The van der Waals surface area contributed by atoms with E-state index < -0.39 is 54.1 Å². The predicted molar refractivity (Wildman–Crippen MR) is 130 cm³/mol. The first-order valence-electron chi connectivity index (χ1n) is 11.7. The van der Waals surface area contributed by atoms with Crippen LogP contribution in [-0.2, 0) is 33.6 Å². The van der Waals surface area contributed by atoms with Gasteiger partial charge in [-0.05, 0) is 25.3 Å². The lowest BCUT2D eigenvalue weighted by Gasteiger charge is -2.25. The maximum absolute atomic E-state index is 12.6. The van der Waals surface area contributed by atoms with Crippen LogP contribution in [0.5, 0.6) is 0 Å². The molecule has 6 amide bonds. The number of ketones is 1. The van der Waals surface area contributed by atoms with Crippen LogP contribution < -0.4 is 21.3 Å². The zero-order chi connectivity index (χ0) is 27.5. The SMILES string of the molecule is CC(NC(=O)C1CCCN1C(=O)CNC=O)C(=O)C(=O)NCC(=O)NC(C(=O)N(C)C)c1ccccc1. The van der Waals surface area contributed by atoms with E-state index in [1.165, 1.54) is 16.7 Å². The quantitative estimate of drug-likeness (QED) is 0.181. The van der Waals surface area contributed by atoms with Crippen LogP contribution in [0.2, 0.25) is 0 Å². The Bertz CT molecular complexity index is 1030. The highest BCUT2D eigenvalue weighted by Crippen LogP contribution is 2.18. The molecule has 0 aliphatic carbocycles. The molecular weight excluding hydrogens is 484 g/mol. The first-order chi connectivity index (χ1) is 17.6. The van der Waals surface area contributed by atoms with Crippen LogP contribution >= 0.6 is 0 Å². The number of Topliss-reactive ketones (excluding diaryl/α,β-unsaturated/α-hetero) is 1. The van der Waals surface area contributed by atoms with E-state index in [2.05, 4.69) is 21.3 Å². The van der Waals surface area contributed by atoms with Crippen LogP contribution in [0.15, 0.2) is 30.3 Å². The maximum Gasteiger partial charge on any atom is 0.290 e. The zero-order valence-electron chi connectivity index (χ0n) is 21.0. The summed E-state index contributed by atoms with van der Waals surface area (Å²) in [6.45, 7) is 0.827. The van der Waals surface area contributed by atoms with E-state index in [0.29, 0.717) is 31.4 Å². The summed E-state index contributed by atoms with van der Waals surface area (Å²) in [5, 5.41) is 9.42. The molecule has 1 saturated heterocycles. The fraction of sp³-hybridized carbons (Fsp3) is 0.458. The molecule has 0 aromatic heterocycles. The molecule has 4 N–H and O–H groups in total. The van der Waals surface area contributed by atoms with Gasteiger partial charge in [-0.15, -0.1) is 0 Å². The number of hydrogen-bond donors (Lipinski definition) is 4. The molecule has 37 heavy (non-hydrogen) atoms. The molecule has 13 nitrogen and oxygen atoms in total. The minimum absolute atomic E-state index is 0.252. The van der Waals surface area contributed by atoms with Gasteiger partial charge in [-0.3, -0.25) is 33.6 Å². The van der Waals surface area contributed by atoms with Gasteiger partial charge in [0.15, 0.2) is 0 Å². The van der Waals surface area contributed by atoms with Crippen LogP contribution in [0, 0.1) is 0 Å². The third kappa shape index (κ3) is 8.12. The Morgan fingerprint density at radius 3 is 2.35 bits per heavy atom. The van der Waals surface area contributed by atoms with Gasteiger partial charge in [-0.1, -0.05) is 30.3 Å². The van der Waals surface area contributed by atoms with Gasteiger partial charge in [0.2, 0.25) is 35.8 Å². The van der Waals surface area contributed by atoms with E-state index in [1.807, 2.05) is 0 Å². The molecule has 1 fully saturated rings. The summed E-state index contributed by atoms with van der Waals surface area (Å²) in [6, 6.07) is 5.54. The zero-order valence-corrected chi connectivity index (χ0v) is 21.0. The summed E-state index contributed by atoms with van der Waals surface area (Å²) < 4.78 is 0. The van der Waals surface area contributed by atoms with Crippen molar-refractivity contribution in [3.8, 4) is 0 Å². The lowest BCUT2D eigenvalue weighted by Crippen LogP contribution is -2.53. The minimum Gasteiger partial charge on any atom is -0.350 e. The standard InChI is InChI=1S/C24H32N6O7/c1-15(27-22(35)17-10-7-11-30(17)19(33)13-25-14-31)21(34)23(36)26-12-18(32)28-20(24(37)29(2)3)16-8-5-4-6-9-16/h4-6,8-9,14-15,17,20H,7,10-13H2,1-3H3,(H,25,31)(H,26,36)(H,27,35)(H,28,32). The summed E-state index contributed by atoms with van der Waals surface area (Å²) in [5.41, 5.74) is 0.551. The van der Waals surface area contributed by atoms with Gasteiger partial charge in [0.1, 0.15) is 12.1 Å². The van der Waals surface area contributed by atoms with Gasteiger partial charge in [-0.25, -0.2) is 0 Å². The molecule has 1 heterocycles. The molecule has 200 valence electrons. The molecular formula is C24H32N6O7. The number of carbonyl (C=O) groups excluding carboxylic acids is 7. The number of nitrogens with one attached hydrogen (secondary N) is 4. The highest BCUT2D eigenvalue weighted by molar-refractivity contribution is 6.38. The monoisotopic (exact) mass is 516 g/mol. The van der Waals surface area contributed by atoms with Gasteiger partial charge >= 0.3 is 0 Å². The Balaban J connectivity index is 1.90. The summed E-state index contributed by atoms with van der Waals surface area (Å²) in [4.78, 5) is 87.6. The number of hydrogen-bond acceptors (Lipinski definition) is 7. The minimum atomic E-state index is -1.21. The topological polar surface area (TPSA) is 174 Å². The molecule has 0 radical (unpaired) electrons. The maximum atomic E-state index is 12.6. The highest BCUT2D eigenvalue weighted by atomic mass is 16.2. The second-order valence-corrected chi connectivity index (χ2v) is 8.66. The number of carbonyl (C=O) groups is 7. The van der Waals surface area contributed by atoms with Crippen molar-refractivity contribution in [2.24, 2.45) is 0 Å². The Labute approximate surface area is 214 Å². The van der Waals surface area contributed by atoms with Crippen LogP contribution in [-0.4, -0.2) is 97.3 Å². The Kier molecular flexibility index (Phi) is 10.7. The Morgan fingerprint density at radius 1 is 1.05 bits per heavy atom. The molecule has 1 aromatic rings. The van der Waals surface area contributed by atoms with E-state index in [4.69, 9.17) is 0 Å². The number of likely N-dealkylation sites (N-methyl/N-ethyl adjacent to an activating group) is 1. The van der Waals surface area contributed by atoms with Gasteiger partial charge in [-0.2, -0.15) is 0 Å². The van der Waals surface area contributed by atoms with Gasteiger partial charge in [0, 0.05) is 20.6 Å². The van der Waals surface area contributed by atoms with E-state index in [-0.39, 0.29) is 12.5 Å². The highest BCUT2D eigenvalue weighted by Gasteiger charge is 2.35. The third-order valence-electron chi connectivity index (χ3n) is 5.72. The number of nitrogens with zero attached hydrogens (tertiary/aromatic N) is 2. The molecule has 2 rings (SSSR count). The molecule has 13 heteroatoms. The van der Waals surface area contributed by atoms with E-state index in [0.717, 1.165) is 0 Å². The van der Waals surface area contributed by atoms with Gasteiger partial charge < -0.3 is 31.1 Å². The first kappa shape index (κ1) is 28.9. The fourth-order valence-corrected chi connectivity index (χ4v) is 3.79. The van der Waals surface area contributed by atoms with E-state index >= 15 is 0 Å². The largest absolute Gasteiger partial charge is 0.350 e. The van der Waals surface area contributed by atoms with Crippen molar-refractivity contribution in [1.29, 1.82) is 0 Å². The number of amides is 6. The molecule has 1 aromatic carbocycles. The lowest BCUT2D eigenvalue weighted by molar-refractivity contribution is -0.142. The third-order valence-corrected chi connectivity index (χ3v) is 5.72. The first-order valence-corrected chi connectivity index (χ1v) is 11.7. The smallest absolute Gasteiger partial charge is 0.290 e. The molecule has 3 unspecified atom stereocenters. The van der Waals surface area contributed by atoms with Crippen LogP contribution in [0.1, 0.15) is 31.4 Å². The number of rotatable bonds is 12. The number of benzene rings is 1. The van der Waals surface area contributed by atoms with Crippen molar-refractivity contribution in [3.63, 3.8) is 0 Å². The van der Waals surface area contributed by atoms with E-state index in [9.17, 15) is 33.6 Å². The Morgan fingerprint density at radius 2 is 1.73 bits per heavy atom. The van der Waals surface area contributed by atoms with Crippen molar-refractivity contribution in [3.05, 3.63) is 35.9 Å². The molecule has 1 aliphatic heterocycles. The summed E-state index contributed by atoms with van der Waals surface area (Å²) in [7, 11) is 3.09. The van der Waals surface area contributed by atoms with Crippen LogP contribution in [0.4, 0.5) is 0 Å². The van der Waals surface area contributed by atoms with Crippen molar-refractivity contribution >= 4 is 41.7 Å².